The fourth-order valence-corrected chi connectivity index (χ4v) is 3.99. The van der Waals surface area contributed by atoms with E-state index >= 15 is 0 Å². The normalized spacial score (nSPS) is 17.8. The van der Waals surface area contributed by atoms with E-state index in [9.17, 15) is 14.4 Å². The monoisotopic (exact) mass is 451 g/mol. The number of unbranched alkanes of at least 4 members (excludes halogenated alkanes) is 1. The van der Waals surface area contributed by atoms with Gasteiger partial charge in [-0.25, -0.2) is 0 Å². The molecule has 33 heavy (non-hydrogen) atoms. The lowest BCUT2D eigenvalue weighted by molar-refractivity contribution is -0.129. The van der Waals surface area contributed by atoms with Crippen molar-refractivity contribution < 1.29 is 19.1 Å². The predicted octanol–water partition coefficient (Wildman–Crippen LogP) is 4.62. The van der Waals surface area contributed by atoms with Crippen molar-refractivity contribution in [1.29, 1.82) is 0 Å². The van der Waals surface area contributed by atoms with Crippen LogP contribution in [0.3, 0.4) is 0 Å². The molecule has 1 aliphatic heterocycles. The molecule has 0 aliphatic carbocycles. The van der Waals surface area contributed by atoms with Crippen LogP contribution in [-0.4, -0.2) is 36.3 Å². The Morgan fingerprint density at radius 2 is 1.64 bits per heavy atom. The summed E-state index contributed by atoms with van der Waals surface area (Å²) < 4.78 is 5.26. The fraction of sp³-hybridized carbons (Fsp3) is 0.423. The molecular weight excluding hydrogens is 418 g/mol. The number of methoxy groups -OCH3 is 1. The topological polar surface area (TPSA) is 87.7 Å². The van der Waals surface area contributed by atoms with Gasteiger partial charge in [0.25, 0.3) is 0 Å². The maximum absolute atomic E-state index is 13.3. The molecular formula is C26H33N3O4. The molecule has 0 bridgehead atoms. The summed E-state index contributed by atoms with van der Waals surface area (Å²) in [5.74, 6) is -0.143. The Morgan fingerprint density at radius 3 is 2.18 bits per heavy atom. The molecule has 3 amide bonds. The van der Waals surface area contributed by atoms with Gasteiger partial charge >= 0.3 is 0 Å². The van der Waals surface area contributed by atoms with Crippen molar-refractivity contribution >= 4 is 29.1 Å². The van der Waals surface area contributed by atoms with Crippen LogP contribution < -0.4 is 15.4 Å². The standard InChI is InChI=1S/C26H33N3O4/c1-5-6-15-29-23(30)16-22(24(29)18-7-13-21(33-4)14-8-18)26(32)28-20-11-9-19(10-12-20)27-25(31)17(2)3/h7-14,17,22,24H,5-6,15-16H2,1-4H3,(H,27,31)(H,28,32)/t22-,24+/m1/s1. The zero-order chi connectivity index (χ0) is 24.0. The average molecular weight is 452 g/mol. The maximum atomic E-state index is 13.3. The predicted molar refractivity (Wildman–Crippen MR) is 129 cm³/mol. The lowest BCUT2D eigenvalue weighted by Crippen LogP contribution is -2.33. The third-order valence-corrected chi connectivity index (χ3v) is 5.92. The van der Waals surface area contributed by atoms with Crippen molar-refractivity contribution in [2.75, 3.05) is 24.3 Å². The molecule has 2 atom stereocenters. The van der Waals surface area contributed by atoms with Crippen molar-refractivity contribution in [2.24, 2.45) is 11.8 Å². The number of nitrogens with zero attached hydrogens (tertiary/aromatic N) is 1. The van der Waals surface area contributed by atoms with Crippen LogP contribution in [0.5, 0.6) is 5.75 Å². The molecule has 0 radical (unpaired) electrons. The van der Waals surface area contributed by atoms with Gasteiger partial charge in [-0.1, -0.05) is 39.3 Å². The van der Waals surface area contributed by atoms with Crippen LogP contribution in [-0.2, 0) is 14.4 Å². The van der Waals surface area contributed by atoms with Gasteiger partial charge in [0.2, 0.25) is 17.7 Å². The van der Waals surface area contributed by atoms with Gasteiger partial charge in [0.15, 0.2) is 0 Å². The zero-order valence-corrected chi connectivity index (χ0v) is 19.8. The van der Waals surface area contributed by atoms with Gasteiger partial charge in [0.05, 0.1) is 19.1 Å². The number of carbonyl (C=O) groups excluding carboxylic acids is 3. The number of anilines is 2. The third kappa shape index (κ3) is 5.92. The molecule has 1 saturated heterocycles. The van der Waals surface area contributed by atoms with Gasteiger partial charge in [-0.3, -0.25) is 14.4 Å². The average Bonchev–Trinajstić information content (AvgIpc) is 3.15. The second-order valence-electron chi connectivity index (χ2n) is 8.68. The minimum Gasteiger partial charge on any atom is -0.497 e. The van der Waals surface area contributed by atoms with E-state index in [2.05, 4.69) is 17.6 Å². The van der Waals surface area contributed by atoms with Crippen LogP contribution in [0.2, 0.25) is 0 Å². The van der Waals surface area contributed by atoms with Gasteiger partial charge in [-0.2, -0.15) is 0 Å². The number of hydrogen-bond donors (Lipinski definition) is 2. The van der Waals surface area contributed by atoms with E-state index in [-0.39, 0.29) is 36.1 Å². The first kappa shape index (κ1) is 24.3. The molecule has 0 unspecified atom stereocenters. The fourth-order valence-electron chi connectivity index (χ4n) is 3.99. The minimum absolute atomic E-state index is 0.00355. The lowest BCUT2D eigenvalue weighted by Gasteiger charge is -2.28. The van der Waals surface area contributed by atoms with E-state index in [1.54, 1.807) is 31.4 Å². The van der Waals surface area contributed by atoms with Crippen molar-refractivity contribution in [3.05, 3.63) is 54.1 Å². The SMILES string of the molecule is CCCCN1C(=O)C[C@@H](C(=O)Nc2ccc(NC(=O)C(C)C)cc2)[C@@H]1c1ccc(OC)cc1. The van der Waals surface area contributed by atoms with Crippen LogP contribution in [0, 0.1) is 11.8 Å². The molecule has 0 saturated carbocycles. The van der Waals surface area contributed by atoms with Gasteiger partial charge in [-0.15, -0.1) is 0 Å². The Morgan fingerprint density at radius 1 is 1.03 bits per heavy atom. The second-order valence-corrected chi connectivity index (χ2v) is 8.68. The van der Waals surface area contributed by atoms with Crippen LogP contribution in [0.15, 0.2) is 48.5 Å². The number of carbonyl (C=O) groups is 3. The first-order chi connectivity index (χ1) is 15.8. The van der Waals surface area contributed by atoms with E-state index in [1.807, 2.05) is 43.0 Å². The molecule has 1 fully saturated rings. The summed E-state index contributed by atoms with van der Waals surface area (Å²) in [7, 11) is 1.61. The molecule has 0 aromatic heterocycles. The molecule has 2 aromatic carbocycles. The van der Waals surface area contributed by atoms with Gasteiger partial charge in [0.1, 0.15) is 5.75 Å². The number of rotatable bonds is 9. The number of nitrogens with one attached hydrogen (secondary N) is 2. The van der Waals surface area contributed by atoms with E-state index < -0.39 is 5.92 Å². The van der Waals surface area contributed by atoms with E-state index in [4.69, 9.17) is 4.74 Å². The number of ether oxygens (including phenoxy) is 1. The highest BCUT2D eigenvalue weighted by Gasteiger charge is 2.44. The third-order valence-electron chi connectivity index (χ3n) is 5.92. The summed E-state index contributed by atoms with van der Waals surface area (Å²) in [6, 6.07) is 14.3. The van der Waals surface area contributed by atoms with Crippen LogP contribution in [0.25, 0.3) is 0 Å². The summed E-state index contributed by atoms with van der Waals surface area (Å²) >= 11 is 0. The smallest absolute Gasteiger partial charge is 0.230 e. The molecule has 0 spiro atoms. The van der Waals surface area contributed by atoms with Gasteiger partial charge in [0, 0.05) is 30.3 Å². The van der Waals surface area contributed by atoms with Gasteiger partial charge in [-0.05, 0) is 48.4 Å². The number of amides is 3. The molecule has 2 N–H and O–H groups in total. The summed E-state index contributed by atoms with van der Waals surface area (Å²) in [5.41, 5.74) is 2.21. The Hall–Kier alpha value is -3.35. The molecule has 7 heteroatoms. The van der Waals surface area contributed by atoms with E-state index in [0.717, 1.165) is 24.2 Å². The Kier molecular flexibility index (Phi) is 8.09. The molecule has 2 aromatic rings. The summed E-state index contributed by atoms with van der Waals surface area (Å²) in [5, 5.41) is 5.78. The molecule has 176 valence electrons. The van der Waals surface area contributed by atoms with Crippen LogP contribution in [0.1, 0.15) is 51.6 Å². The van der Waals surface area contributed by atoms with Crippen molar-refractivity contribution in [1.82, 2.24) is 4.90 Å². The van der Waals surface area contributed by atoms with Crippen molar-refractivity contribution in [3.8, 4) is 5.75 Å². The summed E-state index contributed by atoms with van der Waals surface area (Å²) in [4.78, 5) is 39.8. The van der Waals surface area contributed by atoms with Crippen LogP contribution in [0.4, 0.5) is 11.4 Å². The summed E-state index contributed by atoms with van der Waals surface area (Å²) in [6.45, 7) is 6.37. The Labute approximate surface area is 195 Å². The molecule has 1 aliphatic rings. The number of hydrogen-bond acceptors (Lipinski definition) is 4. The number of likely N-dealkylation sites (tertiary alicyclic amines) is 1. The van der Waals surface area contributed by atoms with Crippen molar-refractivity contribution in [2.45, 2.75) is 46.1 Å². The lowest BCUT2D eigenvalue weighted by atomic mass is 9.92. The Balaban J connectivity index is 1.77. The van der Waals surface area contributed by atoms with E-state index in [0.29, 0.717) is 17.9 Å². The first-order valence-corrected chi connectivity index (χ1v) is 11.5. The highest BCUT2D eigenvalue weighted by atomic mass is 16.5. The Bertz CT molecular complexity index is 970. The molecule has 1 heterocycles. The van der Waals surface area contributed by atoms with Gasteiger partial charge < -0.3 is 20.3 Å². The zero-order valence-electron chi connectivity index (χ0n) is 19.8. The quantitative estimate of drug-likeness (QED) is 0.582. The number of benzene rings is 2. The minimum atomic E-state index is -0.497. The second kappa shape index (κ2) is 11.0. The summed E-state index contributed by atoms with van der Waals surface area (Å²) in [6.07, 6.45) is 2.03. The molecule has 7 nitrogen and oxygen atoms in total. The van der Waals surface area contributed by atoms with Crippen molar-refractivity contribution in [3.63, 3.8) is 0 Å². The largest absolute Gasteiger partial charge is 0.497 e. The van der Waals surface area contributed by atoms with E-state index in [1.165, 1.54) is 0 Å². The van der Waals surface area contributed by atoms with Crippen LogP contribution >= 0.6 is 0 Å². The maximum Gasteiger partial charge on any atom is 0.230 e. The first-order valence-electron chi connectivity index (χ1n) is 11.5. The highest BCUT2D eigenvalue weighted by Crippen LogP contribution is 2.39. The highest BCUT2D eigenvalue weighted by molar-refractivity contribution is 5.98. The molecule has 3 rings (SSSR count).